The zero-order valence-corrected chi connectivity index (χ0v) is 12.1. The molecule has 2 unspecified atom stereocenters. The van der Waals surface area contributed by atoms with Gasteiger partial charge in [-0.25, -0.2) is 0 Å². The van der Waals surface area contributed by atoms with Crippen LogP contribution in [-0.4, -0.2) is 40.9 Å². The average Bonchev–Trinajstić information content (AvgIpc) is 3.00. The first-order valence-electron chi connectivity index (χ1n) is 6.48. The van der Waals surface area contributed by atoms with E-state index in [1.165, 1.54) is 5.56 Å². The molecule has 0 radical (unpaired) electrons. The number of carbonyl (C=O) groups excluding carboxylic acids is 1. The fourth-order valence-electron chi connectivity index (χ4n) is 3.12. The molecule has 2 atom stereocenters. The molecule has 2 aliphatic rings. The summed E-state index contributed by atoms with van der Waals surface area (Å²) in [4.78, 5) is 18.7. The zero-order chi connectivity index (χ0) is 13.2. The van der Waals surface area contributed by atoms with Crippen LogP contribution in [0.4, 0.5) is 0 Å². The number of likely N-dealkylation sites (tertiary alicyclic amines) is 2. The highest BCUT2D eigenvalue weighted by Crippen LogP contribution is 2.31. The molecule has 3 nitrogen and oxygen atoms in total. The van der Waals surface area contributed by atoms with Crippen LogP contribution in [0.2, 0.25) is 0 Å². The number of fused-ring (bicyclic) bond motifs is 2. The van der Waals surface area contributed by atoms with Crippen molar-refractivity contribution in [3.8, 4) is 10.8 Å². The lowest BCUT2D eigenvalue weighted by Gasteiger charge is -2.33. The molecule has 3 rings (SSSR count). The third-order valence-corrected chi connectivity index (χ3v) is 4.20. The highest BCUT2D eigenvalue weighted by Gasteiger charge is 2.44. The standard InChI is InChI=1S/C15H15BrN2O/c16-7-6-15(19)18-11-13-8-14(18)10-17(13)9-12-4-2-1-3-5-12/h1-5,13-14H,8-11H2. The predicted octanol–water partition coefficient (Wildman–Crippen LogP) is 1.83. The molecule has 1 aromatic rings. The van der Waals surface area contributed by atoms with E-state index in [2.05, 4.69) is 55.8 Å². The van der Waals surface area contributed by atoms with E-state index in [9.17, 15) is 4.79 Å². The Morgan fingerprint density at radius 2 is 2.05 bits per heavy atom. The first-order chi connectivity index (χ1) is 9.28. The van der Waals surface area contributed by atoms with Crippen molar-refractivity contribution in [2.24, 2.45) is 0 Å². The van der Waals surface area contributed by atoms with Crippen LogP contribution in [0.5, 0.6) is 0 Å². The van der Waals surface area contributed by atoms with Crippen LogP contribution < -0.4 is 0 Å². The van der Waals surface area contributed by atoms with Gasteiger partial charge in [0.1, 0.15) is 0 Å². The van der Waals surface area contributed by atoms with Crippen LogP contribution in [0.1, 0.15) is 12.0 Å². The van der Waals surface area contributed by atoms with Gasteiger partial charge in [-0.1, -0.05) is 30.3 Å². The fraction of sp³-hybridized carbons (Fsp3) is 0.400. The minimum absolute atomic E-state index is 0.0521. The maximum absolute atomic E-state index is 11.8. The summed E-state index contributed by atoms with van der Waals surface area (Å²) < 4.78 is 0. The lowest BCUT2D eigenvalue weighted by Crippen LogP contribution is -2.48. The van der Waals surface area contributed by atoms with E-state index in [0.717, 1.165) is 26.1 Å². The maximum atomic E-state index is 11.8. The van der Waals surface area contributed by atoms with Crippen molar-refractivity contribution in [1.29, 1.82) is 0 Å². The van der Waals surface area contributed by atoms with Crippen molar-refractivity contribution in [3.63, 3.8) is 0 Å². The molecular weight excluding hydrogens is 304 g/mol. The van der Waals surface area contributed by atoms with Gasteiger partial charge in [0.25, 0.3) is 5.91 Å². The van der Waals surface area contributed by atoms with Crippen molar-refractivity contribution < 1.29 is 4.79 Å². The van der Waals surface area contributed by atoms with E-state index < -0.39 is 0 Å². The van der Waals surface area contributed by atoms with E-state index in [0.29, 0.717) is 12.1 Å². The molecule has 19 heavy (non-hydrogen) atoms. The van der Waals surface area contributed by atoms with Gasteiger partial charge in [-0.3, -0.25) is 9.69 Å². The Morgan fingerprint density at radius 3 is 2.68 bits per heavy atom. The summed E-state index contributed by atoms with van der Waals surface area (Å²) in [5.74, 6) is 2.52. The van der Waals surface area contributed by atoms with Crippen LogP contribution in [0.15, 0.2) is 30.3 Å². The highest BCUT2D eigenvalue weighted by molar-refractivity contribution is 9.12. The normalized spacial score (nSPS) is 25.2. The summed E-state index contributed by atoms with van der Waals surface area (Å²) in [7, 11) is 0. The molecule has 0 aromatic heterocycles. The molecule has 0 spiro atoms. The number of rotatable bonds is 2. The molecule has 2 heterocycles. The number of nitrogens with zero attached hydrogens (tertiary/aromatic N) is 2. The third kappa shape index (κ3) is 2.54. The quantitative estimate of drug-likeness (QED) is 0.777. The van der Waals surface area contributed by atoms with Gasteiger partial charge in [0.2, 0.25) is 0 Å². The minimum atomic E-state index is -0.0521. The van der Waals surface area contributed by atoms with Crippen molar-refractivity contribution in [3.05, 3.63) is 35.9 Å². The molecule has 2 bridgehead atoms. The van der Waals surface area contributed by atoms with Crippen molar-refractivity contribution in [2.45, 2.75) is 25.0 Å². The number of amides is 1. The number of carbonyl (C=O) groups is 1. The smallest absolute Gasteiger partial charge is 0.299 e. The summed E-state index contributed by atoms with van der Waals surface area (Å²) in [5.41, 5.74) is 1.34. The van der Waals surface area contributed by atoms with Crippen molar-refractivity contribution in [1.82, 2.24) is 9.80 Å². The molecule has 0 N–H and O–H groups in total. The SMILES string of the molecule is O=C(C#CBr)N1CC2CC1CN2Cc1ccccc1. The topological polar surface area (TPSA) is 23.6 Å². The van der Waals surface area contributed by atoms with Gasteiger partial charge in [-0.15, -0.1) is 0 Å². The van der Waals surface area contributed by atoms with Crippen molar-refractivity contribution in [2.75, 3.05) is 13.1 Å². The Labute approximate surface area is 121 Å². The average molecular weight is 319 g/mol. The number of halogens is 1. The van der Waals surface area contributed by atoms with Gasteiger partial charge in [-0.05, 0) is 16.8 Å². The van der Waals surface area contributed by atoms with Gasteiger partial charge in [0, 0.05) is 53.6 Å². The van der Waals surface area contributed by atoms with Gasteiger partial charge in [0.05, 0.1) is 0 Å². The second-order valence-electron chi connectivity index (χ2n) is 5.14. The first-order valence-corrected chi connectivity index (χ1v) is 7.27. The van der Waals surface area contributed by atoms with Crippen molar-refractivity contribution >= 4 is 21.8 Å². The van der Waals surface area contributed by atoms with E-state index in [1.54, 1.807) is 0 Å². The molecule has 0 aliphatic carbocycles. The summed E-state index contributed by atoms with van der Waals surface area (Å²) in [6, 6.07) is 11.3. The Bertz CT molecular complexity index is 534. The summed E-state index contributed by atoms with van der Waals surface area (Å²) in [6.07, 6.45) is 1.09. The van der Waals surface area contributed by atoms with Crippen LogP contribution >= 0.6 is 15.9 Å². The Morgan fingerprint density at radius 1 is 1.26 bits per heavy atom. The third-order valence-electron chi connectivity index (χ3n) is 4.00. The van der Waals surface area contributed by atoms with E-state index in [-0.39, 0.29) is 5.91 Å². The molecule has 2 fully saturated rings. The van der Waals surface area contributed by atoms with Gasteiger partial charge >= 0.3 is 0 Å². The lowest BCUT2D eigenvalue weighted by atomic mass is 10.2. The van der Waals surface area contributed by atoms with Crippen LogP contribution in [0.25, 0.3) is 0 Å². The number of benzene rings is 1. The monoisotopic (exact) mass is 318 g/mol. The molecule has 1 amide bonds. The summed E-state index contributed by atoms with van der Waals surface area (Å²) in [6.45, 7) is 2.77. The van der Waals surface area contributed by atoms with Gasteiger partial charge in [0.15, 0.2) is 0 Å². The predicted molar refractivity (Wildman–Crippen MR) is 77.5 cm³/mol. The molecule has 98 valence electrons. The first kappa shape index (κ1) is 12.7. The number of piperazine rings is 1. The van der Waals surface area contributed by atoms with E-state index >= 15 is 0 Å². The number of hydrogen-bond donors (Lipinski definition) is 0. The largest absolute Gasteiger partial charge is 0.326 e. The molecule has 0 saturated carbocycles. The van der Waals surface area contributed by atoms with Gasteiger partial charge in [-0.2, -0.15) is 0 Å². The summed E-state index contributed by atoms with van der Waals surface area (Å²) in [5, 5.41) is 0. The zero-order valence-electron chi connectivity index (χ0n) is 10.6. The molecule has 1 aromatic carbocycles. The van der Waals surface area contributed by atoms with E-state index in [1.807, 2.05) is 11.0 Å². The Kier molecular flexibility index (Phi) is 3.58. The molecule has 2 saturated heterocycles. The second-order valence-corrected chi connectivity index (χ2v) is 5.53. The minimum Gasteiger partial charge on any atom is -0.326 e. The molecule has 4 heteroatoms. The Balaban J connectivity index is 1.63. The van der Waals surface area contributed by atoms with Gasteiger partial charge < -0.3 is 4.90 Å². The Hall–Kier alpha value is -1.31. The van der Waals surface area contributed by atoms with E-state index in [4.69, 9.17) is 0 Å². The maximum Gasteiger partial charge on any atom is 0.299 e. The number of hydrogen-bond acceptors (Lipinski definition) is 2. The van der Waals surface area contributed by atoms with Crippen LogP contribution in [0.3, 0.4) is 0 Å². The van der Waals surface area contributed by atoms with Crippen LogP contribution in [0, 0.1) is 10.8 Å². The van der Waals surface area contributed by atoms with Crippen LogP contribution in [-0.2, 0) is 11.3 Å². The molecular formula is C15H15BrN2O. The summed E-state index contributed by atoms with van der Waals surface area (Å²) >= 11 is 2.99. The fourth-order valence-corrected chi connectivity index (χ4v) is 3.29. The molecule has 2 aliphatic heterocycles. The highest BCUT2D eigenvalue weighted by atomic mass is 79.9. The second kappa shape index (κ2) is 5.36. The lowest BCUT2D eigenvalue weighted by molar-refractivity contribution is -0.127.